The molecule has 0 aromatic heterocycles. The normalized spacial score (nSPS) is 26.9. The third kappa shape index (κ3) is 2.83. The molecule has 1 fully saturated rings. The number of hydrogen-bond donors (Lipinski definition) is 1. The summed E-state index contributed by atoms with van der Waals surface area (Å²) < 4.78 is 0. The van der Waals surface area contributed by atoms with E-state index < -0.39 is 0 Å². The van der Waals surface area contributed by atoms with E-state index in [2.05, 4.69) is 42.2 Å². The Morgan fingerprint density at radius 1 is 1.31 bits per heavy atom. The number of hydrogen-bond acceptors (Lipinski definition) is 2. The van der Waals surface area contributed by atoms with E-state index in [1.54, 1.807) is 0 Å². The van der Waals surface area contributed by atoms with Crippen LogP contribution in [0.25, 0.3) is 0 Å². The van der Waals surface area contributed by atoms with Crippen molar-refractivity contribution in [2.24, 2.45) is 11.7 Å². The zero-order valence-corrected chi connectivity index (χ0v) is 10.1. The summed E-state index contributed by atoms with van der Waals surface area (Å²) >= 11 is 0. The van der Waals surface area contributed by atoms with Crippen molar-refractivity contribution in [2.45, 2.75) is 32.4 Å². The molecule has 2 unspecified atom stereocenters. The summed E-state index contributed by atoms with van der Waals surface area (Å²) in [6, 6.07) is 11.1. The summed E-state index contributed by atoms with van der Waals surface area (Å²) in [5.74, 6) is 0.678. The van der Waals surface area contributed by atoms with E-state index in [-0.39, 0.29) is 0 Å². The Kier molecular flexibility index (Phi) is 3.97. The third-order valence-corrected chi connectivity index (χ3v) is 3.65. The molecule has 0 amide bonds. The molecule has 2 rings (SSSR count). The molecule has 16 heavy (non-hydrogen) atoms. The number of benzene rings is 1. The molecule has 0 radical (unpaired) electrons. The average Bonchev–Trinajstić information content (AvgIpc) is 2.33. The van der Waals surface area contributed by atoms with Gasteiger partial charge in [-0.3, -0.25) is 4.90 Å². The molecule has 2 atom stereocenters. The summed E-state index contributed by atoms with van der Waals surface area (Å²) in [6.07, 6.45) is 2.35. The van der Waals surface area contributed by atoms with Gasteiger partial charge in [-0.05, 0) is 24.4 Å². The largest absolute Gasteiger partial charge is 0.327 e. The Hall–Kier alpha value is -0.860. The zero-order chi connectivity index (χ0) is 11.4. The van der Waals surface area contributed by atoms with Crippen LogP contribution in [0, 0.1) is 5.92 Å². The molecule has 1 aromatic carbocycles. The van der Waals surface area contributed by atoms with Crippen LogP contribution < -0.4 is 5.73 Å². The molecule has 0 saturated carbocycles. The van der Waals surface area contributed by atoms with E-state index in [1.165, 1.54) is 12.0 Å². The molecular formula is C14H22N2. The van der Waals surface area contributed by atoms with Crippen LogP contribution in [0.5, 0.6) is 0 Å². The van der Waals surface area contributed by atoms with Crippen molar-refractivity contribution in [3.05, 3.63) is 35.9 Å². The van der Waals surface area contributed by atoms with Crippen LogP contribution in [-0.4, -0.2) is 24.0 Å². The van der Waals surface area contributed by atoms with Crippen LogP contribution in [0.2, 0.25) is 0 Å². The van der Waals surface area contributed by atoms with Crippen LogP contribution in [0.4, 0.5) is 0 Å². The van der Waals surface area contributed by atoms with Crippen molar-refractivity contribution >= 4 is 0 Å². The van der Waals surface area contributed by atoms with Crippen molar-refractivity contribution < 1.29 is 0 Å². The fourth-order valence-corrected chi connectivity index (χ4v) is 2.54. The minimum absolute atomic E-state index is 0.414. The zero-order valence-electron chi connectivity index (χ0n) is 10.1. The Bertz CT molecular complexity index is 310. The van der Waals surface area contributed by atoms with Gasteiger partial charge in [0.05, 0.1) is 0 Å². The third-order valence-electron chi connectivity index (χ3n) is 3.65. The second-order valence-electron chi connectivity index (χ2n) is 4.84. The quantitative estimate of drug-likeness (QED) is 0.843. The molecule has 2 heteroatoms. The number of piperidine rings is 1. The first kappa shape index (κ1) is 11.6. The summed E-state index contributed by atoms with van der Waals surface area (Å²) in [6.45, 7) is 5.62. The summed E-state index contributed by atoms with van der Waals surface area (Å²) in [5, 5.41) is 0. The van der Waals surface area contributed by atoms with E-state index in [1.807, 2.05) is 0 Å². The van der Waals surface area contributed by atoms with Gasteiger partial charge < -0.3 is 5.73 Å². The predicted molar refractivity (Wildman–Crippen MR) is 68.1 cm³/mol. The summed E-state index contributed by atoms with van der Waals surface area (Å²) in [7, 11) is 0. The van der Waals surface area contributed by atoms with Gasteiger partial charge in [0.2, 0.25) is 0 Å². The lowest BCUT2D eigenvalue weighted by Crippen LogP contribution is -2.46. The Balaban J connectivity index is 1.92. The molecule has 1 saturated heterocycles. The molecule has 1 aliphatic heterocycles. The van der Waals surface area contributed by atoms with Crippen LogP contribution in [-0.2, 0) is 6.54 Å². The van der Waals surface area contributed by atoms with Gasteiger partial charge in [0, 0.05) is 19.1 Å². The first-order valence-electron chi connectivity index (χ1n) is 6.31. The topological polar surface area (TPSA) is 29.3 Å². The Labute approximate surface area is 98.4 Å². The van der Waals surface area contributed by atoms with Crippen molar-refractivity contribution in [1.82, 2.24) is 4.90 Å². The summed E-state index contributed by atoms with van der Waals surface area (Å²) in [4.78, 5) is 2.53. The number of rotatable bonds is 3. The second-order valence-corrected chi connectivity index (χ2v) is 4.84. The number of nitrogens with zero attached hydrogens (tertiary/aromatic N) is 1. The average molecular weight is 218 g/mol. The monoisotopic (exact) mass is 218 g/mol. The number of nitrogens with two attached hydrogens (primary N) is 1. The van der Waals surface area contributed by atoms with Crippen LogP contribution in [0.1, 0.15) is 25.3 Å². The van der Waals surface area contributed by atoms with Gasteiger partial charge in [0.15, 0.2) is 0 Å². The molecule has 0 bridgehead atoms. The SMILES string of the molecule is CCC1CN(Cc2ccccc2)CCC1N. The van der Waals surface area contributed by atoms with Crippen molar-refractivity contribution in [1.29, 1.82) is 0 Å². The van der Waals surface area contributed by atoms with E-state index in [0.717, 1.165) is 26.1 Å². The molecular weight excluding hydrogens is 196 g/mol. The summed E-state index contributed by atoms with van der Waals surface area (Å²) in [5.41, 5.74) is 7.53. The van der Waals surface area contributed by atoms with Gasteiger partial charge in [-0.25, -0.2) is 0 Å². The highest BCUT2D eigenvalue weighted by Gasteiger charge is 2.24. The highest BCUT2D eigenvalue weighted by Crippen LogP contribution is 2.20. The molecule has 1 aliphatic rings. The first-order chi connectivity index (χ1) is 7.79. The minimum Gasteiger partial charge on any atom is -0.327 e. The predicted octanol–water partition coefficient (Wildman–Crippen LogP) is 2.25. The Morgan fingerprint density at radius 2 is 2.06 bits per heavy atom. The van der Waals surface area contributed by atoms with Crippen molar-refractivity contribution in [3.8, 4) is 0 Å². The van der Waals surface area contributed by atoms with Crippen molar-refractivity contribution in [3.63, 3.8) is 0 Å². The van der Waals surface area contributed by atoms with Crippen LogP contribution in [0.3, 0.4) is 0 Å². The highest BCUT2D eigenvalue weighted by atomic mass is 15.1. The molecule has 0 spiro atoms. The van der Waals surface area contributed by atoms with E-state index in [0.29, 0.717) is 12.0 Å². The van der Waals surface area contributed by atoms with Gasteiger partial charge in [-0.15, -0.1) is 0 Å². The molecule has 1 heterocycles. The molecule has 2 nitrogen and oxygen atoms in total. The fourth-order valence-electron chi connectivity index (χ4n) is 2.54. The van der Waals surface area contributed by atoms with Gasteiger partial charge in [0.1, 0.15) is 0 Å². The van der Waals surface area contributed by atoms with Gasteiger partial charge >= 0.3 is 0 Å². The van der Waals surface area contributed by atoms with Gasteiger partial charge in [-0.2, -0.15) is 0 Å². The fraction of sp³-hybridized carbons (Fsp3) is 0.571. The lowest BCUT2D eigenvalue weighted by Gasteiger charge is -2.36. The maximum atomic E-state index is 6.12. The van der Waals surface area contributed by atoms with E-state index >= 15 is 0 Å². The molecule has 0 aliphatic carbocycles. The number of likely N-dealkylation sites (tertiary alicyclic amines) is 1. The van der Waals surface area contributed by atoms with Gasteiger partial charge in [-0.1, -0.05) is 43.7 Å². The lowest BCUT2D eigenvalue weighted by molar-refractivity contribution is 0.145. The van der Waals surface area contributed by atoms with Crippen LogP contribution in [0.15, 0.2) is 30.3 Å². The smallest absolute Gasteiger partial charge is 0.0233 e. The maximum Gasteiger partial charge on any atom is 0.0233 e. The highest BCUT2D eigenvalue weighted by molar-refractivity contribution is 5.14. The Morgan fingerprint density at radius 3 is 2.75 bits per heavy atom. The molecule has 1 aromatic rings. The van der Waals surface area contributed by atoms with E-state index in [9.17, 15) is 0 Å². The van der Waals surface area contributed by atoms with Gasteiger partial charge in [0.25, 0.3) is 0 Å². The van der Waals surface area contributed by atoms with Crippen LogP contribution >= 0.6 is 0 Å². The van der Waals surface area contributed by atoms with Crippen molar-refractivity contribution in [2.75, 3.05) is 13.1 Å². The minimum atomic E-state index is 0.414. The maximum absolute atomic E-state index is 6.12. The van der Waals surface area contributed by atoms with E-state index in [4.69, 9.17) is 5.73 Å². The standard InChI is InChI=1S/C14H22N2/c1-2-13-11-16(9-8-14(13)15)10-12-6-4-3-5-7-12/h3-7,13-14H,2,8-11,15H2,1H3. The molecule has 2 N–H and O–H groups in total. The lowest BCUT2D eigenvalue weighted by atomic mass is 9.90. The first-order valence-corrected chi connectivity index (χ1v) is 6.31. The second kappa shape index (κ2) is 5.46. The molecule has 88 valence electrons.